The zero-order chi connectivity index (χ0) is 17.2. The normalized spacial score (nSPS) is 24.3. The monoisotopic (exact) mass is 355 g/mol. The number of nitrogens with zero attached hydrogens (tertiary/aromatic N) is 1. The second kappa shape index (κ2) is 7.06. The highest BCUT2D eigenvalue weighted by Gasteiger charge is 2.39. The Morgan fingerprint density at radius 1 is 1.20 bits per heavy atom. The SMILES string of the molecule is COc1ccc(Sc2ccc(C(=O)N[C@@H]3C[C@H]4CC[C@@H]3N4)cc2)cn1. The maximum atomic E-state index is 12.4. The van der Waals surface area contributed by atoms with Gasteiger partial charge in [0, 0.05) is 45.7 Å². The van der Waals surface area contributed by atoms with Crippen molar-refractivity contribution in [3.8, 4) is 5.88 Å². The largest absolute Gasteiger partial charge is 0.481 e. The van der Waals surface area contributed by atoms with Gasteiger partial charge >= 0.3 is 0 Å². The maximum absolute atomic E-state index is 12.4. The lowest BCUT2D eigenvalue weighted by Gasteiger charge is -2.21. The minimum Gasteiger partial charge on any atom is -0.481 e. The molecule has 2 bridgehead atoms. The summed E-state index contributed by atoms with van der Waals surface area (Å²) in [5.74, 6) is 0.619. The molecule has 1 amide bonds. The van der Waals surface area contributed by atoms with Gasteiger partial charge in [-0.15, -0.1) is 0 Å². The van der Waals surface area contributed by atoms with Gasteiger partial charge in [-0.3, -0.25) is 4.79 Å². The van der Waals surface area contributed by atoms with Crippen molar-refractivity contribution in [2.75, 3.05) is 7.11 Å². The van der Waals surface area contributed by atoms with Crippen molar-refractivity contribution < 1.29 is 9.53 Å². The van der Waals surface area contributed by atoms with Crippen LogP contribution in [0.1, 0.15) is 29.6 Å². The number of fused-ring (bicyclic) bond motifs is 2. The minimum absolute atomic E-state index is 0.0158. The first-order chi connectivity index (χ1) is 12.2. The van der Waals surface area contributed by atoms with Gasteiger partial charge in [0.15, 0.2) is 0 Å². The van der Waals surface area contributed by atoms with Crippen LogP contribution in [-0.2, 0) is 0 Å². The van der Waals surface area contributed by atoms with E-state index in [4.69, 9.17) is 4.74 Å². The van der Waals surface area contributed by atoms with E-state index < -0.39 is 0 Å². The first kappa shape index (κ1) is 16.4. The van der Waals surface area contributed by atoms with Crippen LogP contribution in [0.3, 0.4) is 0 Å². The molecule has 6 heteroatoms. The summed E-state index contributed by atoms with van der Waals surface area (Å²) in [6, 6.07) is 12.8. The third kappa shape index (κ3) is 3.65. The fourth-order valence-electron chi connectivity index (χ4n) is 3.59. The number of amides is 1. The van der Waals surface area contributed by atoms with Crippen molar-refractivity contribution in [2.45, 2.75) is 47.2 Å². The van der Waals surface area contributed by atoms with Crippen LogP contribution in [0.25, 0.3) is 0 Å². The Balaban J connectivity index is 1.36. The Hall–Kier alpha value is -2.05. The van der Waals surface area contributed by atoms with Gasteiger partial charge in [-0.2, -0.15) is 0 Å². The van der Waals surface area contributed by atoms with Crippen LogP contribution in [0, 0.1) is 0 Å². The molecule has 1 aromatic carbocycles. The molecule has 1 aromatic heterocycles. The number of aromatic nitrogens is 1. The second-order valence-corrected chi connectivity index (χ2v) is 7.67. The summed E-state index contributed by atoms with van der Waals surface area (Å²) in [5, 5.41) is 6.72. The lowest BCUT2D eigenvalue weighted by molar-refractivity contribution is 0.0931. The number of hydrogen-bond acceptors (Lipinski definition) is 5. The lowest BCUT2D eigenvalue weighted by Crippen LogP contribution is -2.42. The van der Waals surface area contributed by atoms with Crippen molar-refractivity contribution in [1.29, 1.82) is 0 Å². The van der Waals surface area contributed by atoms with Gasteiger partial charge in [-0.25, -0.2) is 4.98 Å². The molecule has 5 nitrogen and oxygen atoms in total. The van der Waals surface area contributed by atoms with Gasteiger partial charge in [-0.05, 0) is 49.6 Å². The quantitative estimate of drug-likeness (QED) is 0.863. The highest BCUT2D eigenvalue weighted by atomic mass is 32.2. The van der Waals surface area contributed by atoms with Crippen molar-refractivity contribution in [3.05, 3.63) is 48.2 Å². The standard InChI is InChI=1S/C19H21N3O2S/c1-24-18-9-7-15(11-20-18)25-14-5-2-12(3-6-14)19(23)22-17-10-13-4-8-16(17)21-13/h2-3,5-7,9,11,13,16-17,21H,4,8,10H2,1H3,(H,22,23)/t13-,16+,17-/m1/s1. The summed E-state index contributed by atoms with van der Waals surface area (Å²) in [6.45, 7) is 0. The van der Waals surface area contributed by atoms with E-state index in [0.717, 1.165) is 16.2 Å². The number of hydrogen-bond donors (Lipinski definition) is 2. The molecule has 0 aliphatic carbocycles. The Morgan fingerprint density at radius 2 is 2.00 bits per heavy atom. The Kier molecular flexibility index (Phi) is 4.63. The van der Waals surface area contributed by atoms with Gasteiger partial charge in [0.25, 0.3) is 5.91 Å². The predicted molar refractivity (Wildman–Crippen MR) is 97.2 cm³/mol. The summed E-state index contributed by atoms with van der Waals surface area (Å²) in [6.07, 6.45) is 5.24. The maximum Gasteiger partial charge on any atom is 0.251 e. The summed E-state index contributed by atoms with van der Waals surface area (Å²) >= 11 is 1.61. The van der Waals surface area contributed by atoms with Gasteiger partial charge in [0.1, 0.15) is 0 Å². The molecule has 25 heavy (non-hydrogen) atoms. The summed E-state index contributed by atoms with van der Waals surface area (Å²) in [7, 11) is 1.60. The average molecular weight is 355 g/mol. The second-order valence-electron chi connectivity index (χ2n) is 6.53. The van der Waals surface area contributed by atoms with Crippen molar-refractivity contribution >= 4 is 17.7 Å². The Labute approximate surface area is 151 Å². The molecular formula is C19H21N3O2S. The van der Waals surface area contributed by atoms with Crippen LogP contribution in [0.4, 0.5) is 0 Å². The molecule has 0 saturated carbocycles. The van der Waals surface area contributed by atoms with E-state index >= 15 is 0 Å². The molecule has 130 valence electrons. The van der Waals surface area contributed by atoms with Gasteiger partial charge < -0.3 is 15.4 Å². The predicted octanol–water partition coefficient (Wildman–Crippen LogP) is 2.86. The molecule has 0 unspecified atom stereocenters. The molecule has 2 saturated heterocycles. The number of methoxy groups -OCH3 is 1. The first-order valence-corrected chi connectivity index (χ1v) is 9.38. The third-order valence-corrected chi connectivity index (χ3v) is 5.87. The summed E-state index contributed by atoms with van der Waals surface area (Å²) < 4.78 is 5.06. The topological polar surface area (TPSA) is 63.2 Å². The molecule has 2 fully saturated rings. The van der Waals surface area contributed by atoms with E-state index in [1.807, 2.05) is 36.4 Å². The summed E-state index contributed by atoms with van der Waals surface area (Å²) in [4.78, 5) is 18.8. The number of nitrogens with one attached hydrogen (secondary N) is 2. The Bertz CT molecular complexity index is 748. The van der Waals surface area contributed by atoms with Gasteiger partial charge in [-0.1, -0.05) is 11.8 Å². The van der Waals surface area contributed by atoms with Crippen LogP contribution in [0.2, 0.25) is 0 Å². The number of pyridine rings is 1. The number of carbonyl (C=O) groups excluding carboxylic acids is 1. The summed E-state index contributed by atoms with van der Waals surface area (Å²) in [5.41, 5.74) is 0.708. The molecule has 3 heterocycles. The van der Waals surface area contributed by atoms with E-state index in [9.17, 15) is 4.79 Å². The van der Waals surface area contributed by atoms with Gasteiger partial charge in [0.05, 0.1) is 7.11 Å². The fourth-order valence-corrected chi connectivity index (χ4v) is 4.38. The fraction of sp³-hybridized carbons (Fsp3) is 0.368. The molecule has 2 aliphatic rings. The third-order valence-electron chi connectivity index (χ3n) is 4.89. The molecule has 2 aromatic rings. The highest BCUT2D eigenvalue weighted by Crippen LogP contribution is 2.29. The van der Waals surface area contributed by atoms with E-state index in [1.54, 1.807) is 25.1 Å². The molecule has 0 radical (unpaired) electrons. The molecular weight excluding hydrogens is 334 g/mol. The molecule has 0 spiro atoms. The number of benzene rings is 1. The van der Waals surface area contributed by atoms with E-state index in [0.29, 0.717) is 23.5 Å². The molecule has 2 N–H and O–H groups in total. The number of rotatable bonds is 5. The van der Waals surface area contributed by atoms with Crippen LogP contribution >= 0.6 is 11.8 Å². The van der Waals surface area contributed by atoms with Crippen molar-refractivity contribution in [3.63, 3.8) is 0 Å². The molecule has 4 rings (SSSR count). The van der Waals surface area contributed by atoms with E-state index in [1.165, 1.54) is 12.8 Å². The number of carbonyl (C=O) groups is 1. The number of ether oxygens (including phenoxy) is 1. The highest BCUT2D eigenvalue weighted by molar-refractivity contribution is 7.99. The van der Waals surface area contributed by atoms with E-state index in [2.05, 4.69) is 15.6 Å². The lowest BCUT2D eigenvalue weighted by atomic mass is 9.95. The minimum atomic E-state index is 0.0158. The van der Waals surface area contributed by atoms with Crippen LogP contribution < -0.4 is 15.4 Å². The molecule has 2 aliphatic heterocycles. The zero-order valence-electron chi connectivity index (χ0n) is 14.1. The van der Waals surface area contributed by atoms with Crippen molar-refractivity contribution in [1.82, 2.24) is 15.6 Å². The van der Waals surface area contributed by atoms with Crippen LogP contribution in [-0.4, -0.2) is 36.1 Å². The van der Waals surface area contributed by atoms with Gasteiger partial charge in [0.2, 0.25) is 5.88 Å². The van der Waals surface area contributed by atoms with Crippen molar-refractivity contribution in [2.24, 2.45) is 0 Å². The smallest absolute Gasteiger partial charge is 0.251 e. The zero-order valence-corrected chi connectivity index (χ0v) is 14.9. The average Bonchev–Trinajstić information content (AvgIpc) is 3.26. The molecule has 3 atom stereocenters. The Morgan fingerprint density at radius 3 is 2.60 bits per heavy atom. The first-order valence-electron chi connectivity index (χ1n) is 8.56. The van der Waals surface area contributed by atoms with Crippen LogP contribution in [0.5, 0.6) is 5.88 Å². The van der Waals surface area contributed by atoms with E-state index in [-0.39, 0.29) is 11.9 Å². The van der Waals surface area contributed by atoms with Crippen LogP contribution in [0.15, 0.2) is 52.4 Å².